The second kappa shape index (κ2) is 11.1. The van der Waals surface area contributed by atoms with Crippen LogP contribution in [0.1, 0.15) is 49.4 Å². The van der Waals surface area contributed by atoms with Crippen molar-refractivity contribution >= 4 is 41.5 Å². The summed E-state index contributed by atoms with van der Waals surface area (Å²) in [5.74, 6) is 1.39. The van der Waals surface area contributed by atoms with Crippen molar-refractivity contribution in [2.24, 2.45) is 4.99 Å². The first-order valence-corrected chi connectivity index (χ1v) is 10.1. The quantitative estimate of drug-likeness (QED) is 0.256. The summed E-state index contributed by atoms with van der Waals surface area (Å²) < 4.78 is 1.94. The van der Waals surface area contributed by atoms with Crippen molar-refractivity contribution < 1.29 is 4.79 Å². The van der Waals surface area contributed by atoms with Gasteiger partial charge in [0.1, 0.15) is 0 Å². The highest BCUT2D eigenvalue weighted by Gasteiger charge is 2.15. The van der Waals surface area contributed by atoms with Crippen LogP contribution in [0.4, 0.5) is 0 Å². The molecular formula is C22H30IN7O. The normalized spacial score (nSPS) is 11.7. The van der Waals surface area contributed by atoms with E-state index in [0.29, 0.717) is 24.6 Å². The van der Waals surface area contributed by atoms with E-state index >= 15 is 0 Å². The average molecular weight is 535 g/mol. The zero-order valence-corrected chi connectivity index (χ0v) is 20.7. The number of nitrogens with one attached hydrogen (secondary N) is 3. The van der Waals surface area contributed by atoms with E-state index in [1.54, 1.807) is 0 Å². The topological polar surface area (TPSA) is 95.7 Å². The monoisotopic (exact) mass is 535 g/mol. The molecule has 0 atom stereocenters. The molecule has 0 aliphatic heterocycles. The Kier molecular flexibility index (Phi) is 8.78. The van der Waals surface area contributed by atoms with Crippen LogP contribution < -0.4 is 16.0 Å². The number of pyridine rings is 1. The molecule has 0 saturated heterocycles. The standard InChI is InChI=1S/C22H29N7O.HI/c1-5-23-21(25-15-19-28-27-18-11-6-7-12-29(18)19)24-14-16-9-8-10-17(13-16)20(30)26-22(2,3)4;/h6-13H,5,14-15H2,1-4H3,(H,26,30)(H2,23,24,25);1H. The molecule has 3 rings (SSSR count). The lowest BCUT2D eigenvalue weighted by Crippen LogP contribution is -2.40. The number of benzene rings is 1. The summed E-state index contributed by atoms with van der Waals surface area (Å²) in [4.78, 5) is 17.1. The Balaban J connectivity index is 0.00000341. The van der Waals surface area contributed by atoms with Crippen LogP contribution in [-0.2, 0) is 13.1 Å². The lowest BCUT2D eigenvalue weighted by molar-refractivity contribution is 0.0919. The summed E-state index contributed by atoms with van der Waals surface area (Å²) in [6.45, 7) is 9.59. The number of aliphatic imine (C=N–C) groups is 1. The molecule has 0 unspecified atom stereocenters. The van der Waals surface area contributed by atoms with Crippen LogP contribution in [0.5, 0.6) is 0 Å². The molecule has 2 aromatic heterocycles. The Morgan fingerprint density at radius 1 is 1.10 bits per heavy atom. The molecule has 0 aliphatic carbocycles. The molecule has 1 amide bonds. The van der Waals surface area contributed by atoms with Gasteiger partial charge in [0.25, 0.3) is 5.91 Å². The molecule has 31 heavy (non-hydrogen) atoms. The fourth-order valence-electron chi connectivity index (χ4n) is 2.91. The predicted molar refractivity (Wildman–Crippen MR) is 134 cm³/mol. The minimum atomic E-state index is -0.279. The first-order valence-electron chi connectivity index (χ1n) is 10.1. The van der Waals surface area contributed by atoms with Gasteiger partial charge >= 0.3 is 0 Å². The Labute approximate surface area is 200 Å². The number of fused-ring (bicyclic) bond motifs is 1. The number of carbonyl (C=O) groups excluding carboxylic acids is 1. The molecular weight excluding hydrogens is 505 g/mol. The van der Waals surface area contributed by atoms with E-state index in [1.807, 2.05) is 80.8 Å². The highest BCUT2D eigenvalue weighted by molar-refractivity contribution is 14.0. The van der Waals surface area contributed by atoms with Gasteiger partial charge < -0.3 is 16.0 Å². The van der Waals surface area contributed by atoms with Gasteiger partial charge in [-0.15, -0.1) is 34.2 Å². The molecule has 1 aromatic carbocycles. The third-order valence-electron chi connectivity index (χ3n) is 4.24. The van der Waals surface area contributed by atoms with Gasteiger partial charge in [0.2, 0.25) is 0 Å². The zero-order valence-electron chi connectivity index (χ0n) is 18.3. The molecule has 8 nitrogen and oxygen atoms in total. The Morgan fingerprint density at radius 3 is 2.65 bits per heavy atom. The summed E-state index contributed by atoms with van der Waals surface area (Å²) in [7, 11) is 0. The first-order chi connectivity index (χ1) is 14.4. The third kappa shape index (κ3) is 7.20. The number of hydrogen-bond acceptors (Lipinski definition) is 4. The van der Waals surface area contributed by atoms with Gasteiger partial charge in [0.05, 0.1) is 13.1 Å². The van der Waals surface area contributed by atoms with E-state index in [2.05, 4.69) is 31.1 Å². The molecule has 3 aromatic rings. The van der Waals surface area contributed by atoms with Crippen molar-refractivity contribution in [3.05, 3.63) is 65.6 Å². The molecule has 0 radical (unpaired) electrons. The first kappa shape index (κ1) is 24.6. The van der Waals surface area contributed by atoms with E-state index in [1.165, 1.54) is 0 Å². The second-order valence-electron chi connectivity index (χ2n) is 8.00. The van der Waals surface area contributed by atoms with Crippen molar-refractivity contribution in [3.8, 4) is 0 Å². The maximum atomic E-state index is 12.4. The van der Waals surface area contributed by atoms with Crippen molar-refractivity contribution in [3.63, 3.8) is 0 Å². The van der Waals surface area contributed by atoms with Crippen LogP contribution >= 0.6 is 24.0 Å². The Morgan fingerprint density at radius 2 is 1.90 bits per heavy atom. The van der Waals surface area contributed by atoms with Gasteiger partial charge in [-0.3, -0.25) is 9.20 Å². The Bertz CT molecular complexity index is 1040. The van der Waals surface area contributed by atoms with Crippen LogP contribution in [0, 0.1) is 0 Å². The summed E-state index contributed by atoms with van der Waals surface area (Å²) in [6, 6.07) is 13.3. The van der Waals surface area contributed by atoms with E-state index in [0.717, 1.165) is 23.6 Å². The molecule has 0 bridgehead atoms. The maximum absolute atomic E-state index is 12.4. The number of guanidine groups is 1. The van der Waals surface area contributed by atoms with Gasteiger partial charge in [-0.25, -0.2) is 4.99 Å². The highest BCUT2D eigenvalue weighted by Crippen LogP contribution is 2.09. The fraction of sp³-hybridized carbons (Fsp3) is 0.364. The van der Waals surface area contributed by atoms with Gasteiger partial charge in [-0.2, -0.15) is 0 Å². The zero-order chi connectivity index (χ0) is 21.6. The van der Waals surface area contributed by atoms with Crippen molar-refractivity contribution in [2.45, 2.75) is 46.3 Å². The van der Waals surface area contributed by atoms with Gasteiger partial charge in [-0.05, 0) is 57.5 Å². The maximum Gasteiger partial charge on any atom is 0.251 e. The van der Waals surface area contributed by atoms with Crippen molar-refractivity contribution in [1.82, 2.24) is 30.5 Å². The summed E-state index contributed by atoms with van der Waals surface area (Å²) >= 11 is 0. The molecule has 0 aliphatic rings. The summed E-state index contributed by atoms with van der Waals surface area (Å²) in [5.41, 5.74) is 2.12. The van der Waals surface area contributed by atoms with Crippen molar-refractivity contribution in [2.75, 3.05) is 6.54 Å². The van der Waals surface area contributed by atoms with Gasteiger partial charge in [0.15, 0.2) is 17.4 Å². The van der Waals surface area contributed by atoms with E-state index < -0.39 is 0 Å². The number of aromatic nitrogens is 3. The molecule has 0 spiro atoms. The van der Waals surface area contributed by atoms with Crippen LogP contribution in [-0.4, -0.2) is 38.5 Å². The molecule has 3 N–H and O–H groups in total. The lowest BCUT2D eigenvalue weighted by atomic mass is 10.1. The van der Waals surface area contributed by atoms with Crippen molar-refractivity contribution in [1.29, 1.82) is 0 Å². The highest BCUT2D eigenvalue weighted by atomic mass is 127. The predicted octanol–water partition coefficient (Wildman–Crippen LogP) is 3.13. The van der Waals surface area contributed by atoms with E-state index in [-0.39, 0.29) is 35.4 Å². The number of rotatable bonds is 6. The fourth-order valence-corrected chi connectivity index (χ4v) is 2.91. The third-order valence-corrected chi connectivity index (χ3v) is 4.24. The largest absolute Gasteiger partial charge is 0.357 e. The molecule has 0 fully saturated rings. The van der Waals surface area contributed by atoms with E-state index in [9.17, 15) is 4.79 Å². The molecule has 2 heterocycles. The van der Waals surface area contributed by atoms with Crippen LogP contribution in [0.3, 0.4) is 0 Å². The van der Waals surface area contributed by atoms with Crippen LogP contribution in [0.2, 0.25) is 0 Å². The lowest BCUT2D eigenvalue weighted by Gasteiger charge is -2.20. The van der Waals surface area contributed by atoms with Crippen LogP contribution in [0.25, 0.3) is 5.65 Å². The van der Waals surface area contributed by atoms with Crippen LogP contribution in [0.15, 0.2) is 53.7 Å². The second-order valence-corrected chi connectivity index (χ2v) is 8.00. The number of halogens is 1. The average Bonchev–Trinajstić information content (AvgIpc) is 3.12. The number of carbonyl (C=O) groups is 1. The number of amides is 1. The summed E-state index contributed by atoms with van der Waals surface area (Å²) in [5, 5.41) is 17.9. The summed E-state index contributed by atoms with van der Waals surface area (Å²) in [6.07, 6.45) is 1.94. The SMILES string of the molecule is CCNC(=NCc1cccc(C(=O)NC(C)(C)C)c1)NCc1nnc2ccccn12.I. The number of nitrogens with zero attached hydrogens (tertiary/aromatic N) is 4. The van der Waals surface area contributed by atoms with Gasteiger partial charge in [-0.1, -0.05) is 18.2 Å². The molecule has 166 valence electrons. The smallest absolute Gasteiger partial charge is 0.251 e. The molecule has 0 saturated carbocycles. The Hall–Kier alpha value is -2.69. The van der Waals surface area contributed by atoms with Gasteiger partial charge in [0, 0.05) is 23.8 Å². The van der Waals surface area contributed by atoms with E-state index in [4.69, 9.17) is 0 Å². The number of hydrogen-bond donors (Lipinski definition) is 3. The minimum absolute atomic E-state index is 0. The molecule has 9 heteroatoms. The minimum Gasteiger partial charge on any atom is -0.357 e.